The smallest absolute Gasteiger partial charge is 0.191 e. The molecule has 0 aromatic carbocycles. The Hall–Kier alpha value is -0.900. The van der Waals surface area contributed by atoms with Gasteiger partial charge in [0.05, 0.1) is 6.10 Å². The number of aliphatic hydroxyl groups excluding tert-OH is 1. The summed E-state index contributed by atoms with van der Waals surface area (Å²) in [4.78, 5) is 4.40. The van der Waals surface area contributed by atoms with E-state index in [0.717, 1.165) is 62.8 Å². The number of nitrogens with one attached hydrogen (secondary N) is 2. The molecule has 0 amide bonds. The molecule has 0 radical (unpaired) electrons. The van der Waals surface area contributed by atoms with Crippen LogP contribution in [0.25, 0.3) is 0 Å². The van der Waals surface area contributed by atoms with E-state index in [1.807, 2.05) is 7.05 Å². The highest BCUT2D eigenvalue weighted by molar-refractivity contribution is 14.0. The van der Waals surface area contributed by atoms with Gasteiger partial charge in [0.2, 0.25) is 0 Å². The van der Waals surface area contributed by atoms with E-state index in [2.05, 4.69) is 51.2 Å². The second-order valence-corrected chi connectivity index (χ2v) is 8.46. The summed E-state index contributed by atoms with van der Waals surface area (Å²) in [6.45, 7) is 8.11. The molecule has 0 bridgehead atoms. The highest BCUT2D eigenvalue weighted by Crippen LogP contribution is 2.35. The van der Waals surface area contributed by atoms with Gasteiger partial charge >= 0.3 is 0 Å². The molecule has 0 saturated heterocycles. The topological polar surface area (TPSA) is 87.4 Å². The molecule has 1 saturated carbocycles. The lowest BCUT2D eigenvalue weighted by Gasteiger charge is -2.39. The Morgan fingerprint density at radius 3 is 2.78 bits per heavy atom. The van der Waals surface area contributed by atoms with E-state index in [4.69, 9.17) is 0 Å². The minimum absolute atomic E-state index is 0. The molecule has 2 heterocycles. The van der Waals surface area contributed by atoms with Crippen LogP contribution in [0.2, 0.25) is 0 Å². The number of rotatable bonds is 4. The molecule has 8 heteroatoms. The largest absolute Gasteiger partial charge is 0.392 e. The Bertz CT molecular complexity index is 646. The van der Waals surface area contributed by atoms with Crippen LogP contribution in [0.15, 0.2) is 4.99 Å². The predicted molar refractivity (Wildman–Crippen MR) is 119 cm³/mol. The van der Waals surface area contributed by atoms with Crippen LogP contribution in [0.1, 0.15) is 70.4 Å². The molecule has 1 aliphatic carbocycles. The molecule has 154 valence electrons. The van der Waals surface area contributed by atoms with E-state index in [0.29, 0.717) is 12.0 Å². The lowest BCUT2D eigenvalue weighted by atomic mass is 9.73. The molecule has 3 unspecified atom stereocenters. The van der Waals surface area contributed by atoms with E-state index in [-0.39, 0.29) is 35.5 Å². The third-order valence-corrected chi connectivity index (χ3v) is 6.00. The van der Waals surface area contributed by atoms with Crippen molar-refractivity contribution in [3.05, 3.63) is 11.6 Å². The summed E-state index contributed by atoms with van der Waals surface area (Å²) in [6.07, 6.45) is 6.01. The average Bonchev–Trinajstić information content (AvgIpc) is 3.05. The molecule has 7 nitrogen and oxygen atoms in total. The van der Waals surface area contributed by atoms with Crippen molar-refractivity contribution < 1.29 is 5.11 Å². The van der Waals surface area contributed by atoms with E-state index in [9.17, 15) is 5.11 Å². The number of fused-ring (bicyclic) bond motifs is 1. The van der Waals surface area contributed by atoms with E-state index in [1.165, 1.54) is 6.42 Å². The van der Waals surface area contributed by atoms with Crippen LogP contribution in [0, 0.1) is 5.41 Å². The molecule has 2 aliphatic rings. The lowest BCUT2D eigenvalue weighted by Crippen LogP contribution is -2.51. The van der Waals surface area contributed by atoms with Crippen LogP contribution in [0.4, 0.5) is 0 Å². The van der Waals surface area contributed by atoms with Gasteiger partial charge in [-0.25, -0.2) is 0 Å². The maximum Gasteiger partial charge on any atom is 0.191 e. The zero-order valence-corrected chi connectivity index (χ0v) is 19.4. The van der Waals surface area contributed by atoms with Crippen LogP contribution in [0.5, 0.6) is 0 Å². The summed E-state index contributed by atoms with van der Waals surface area (Å²) in [5, 5.41) is 26.1. The van der Waals surface area contributed by atoms with Gasteiger partial charge in [-0.3, -0.25) is 4.99 Å². The number of hydrogen-bond acceptors (Lipinski definition) is 4. The molecule has 0 spiro atoms. The van der Waals surface area contributed by atoms with Crippen molar-refractivity contribution in [2.45, 2.75) is 83.9 Å². The highest BCUT2D eigenvalue weighted by atomic mass is 127. The molecule has 3 atom stereocenters. The monoisotopic (exact) mass is 490 g/mol. The average molecular weight is 490 g/mol. The fourth-order valence-electron chi connectivity index (χ4n) is 4.15. The van der Waals surface area contributed by atoms with Gasteiger partial charge in [-0.2, -0.15) is 0 Å². The summed E-state index contributed by atoms with van der Waals surface area (Å²) in [5.41, 5.74) is -0.0747. The number of nitrogens with zero attached hydrogens (tertiary/aromatic N) is 4. The lowest BCUT2D eigenvalue weighted by molar-refractivity contribution is 0.00394. The van der Waals surface area contributed by atoms with E-state index < -0.39 is 0 Å². The molecule has 3 rings (SSSR count). The standard InChI is InChI=1S/C19H34N6O.HI/c1-13(2)17-24-23-16-9-8-14(11-25(16)17)22-18(20-4)21-12-19(3)10-6-5-7-15(19)26;/h13-15,26H,5-12H2,1-4H3,(H2,20,21,22);1H. The SMILES string of the molecule is CN=C(NCC1(C)CCCCC1O)NC1CCc2nnc(C(C)C)n2C1.I. The zero-order valence-electron chi connectivity index (χ0n) is 17.0. The molecule has 27 heavy (non-hydrogen) atoms. The van der Waals surface area contributed by atoms with E-state index in [1.54, 1.807) is 0 Å². The van der Waals surface area contributed by atoms with Gasteiger partial charge < -0.3 is 20.3 Å². The molecular formula is C19H35IN6O. The van der Waals surface area contributed by atoms with Crippen molar-refractivity contribution in [1.29, 1.82) is 0 Å². The normalized spacial score (nSPS) is 28.4. The van der Waals surface area contributed by atoms with Gasteiger partial charge in [0.15, 0.2) is 5.96 Å². The quantitative estimate of drug-likeness (QED) is 0.343. The molecule has 1 fully saturated rings. The van der Waals surface area contributed by atoms with Crippen LogP contribution in [-0.4, -0.2) is 51.6 Å². The van der Waals surface area contributed by atoms with Gasteiger partial charge in [-0.05, 0) is 19.3 Å². The summed E-state index contributed by atoms with van der Waals surface area (Å²) < 4.78 is 2.26. The Kier molecular flexibility index (Phi) is 7.91. The van der Waals surface area contributed by atoms with Crippen molar-refractivity contribution in [2.75, 3.05) is 13.6 Å². The van der Waals surface area contributed by atoms with Crippen molar-refractivity contribution in [3.63, 3.8) is 0 Å². The van der Waals surface area contributed by atoms with Crippen LogP contribution in [-0.2, 0) is 13.0 Å². The Balaban J connectivity index is 0.00000261. The van der Waals surface area contributed by atoms with Crippen LogP contribution in [0.3, 0.4) is 0 Å². The fourth-order valence-corrected chi connectivity index (χ4v) is 4.15. The maximum absolute atomic E-state index is 10.4. The third-order valence-electron chi connectivity index (χ3n) is 6.00. The number of aliphatic hydroxyl groups is 1. The predicted octanol–water partition coefficient (Wildman–Crippen LogP) is 2.44. The molecule has 3 N–H and O–H groups in total. The van der Waals surface area contributed by atoms with Gasteiger partial charge in [-0.15, -0.1) is 34.2 Å². The van der Waals surface area contributed by atoms with Crippen molar-refractivity contribution in [1.82, 2.24) is 25.4 Å². The van der Waals surface area contributed by atoms with Gasteiger partial charge in [0.1, 0.15) is 11.6 Å². The van der Waals surface area contributed by atoms with Crippen molar-refractivity contribution >= 4 is 29.9 Å². The number of halogens is 1. The first-order valence-corrected chi connectivity index (χ1v) is 10.00. The summed E-state index contributed by atoms with van der Waals surface area (Å²) in [7, 11) is 1.81. The Labute approximate surface area is 179 Å². The maximum atomic E-state index is 10.4. The summed E-state index contributed by atoms with van der Waals surface area (Å²) >= 11 is 0. The number of aromatic nitrogens is 3. The number of hydrogen-bond donors (Lipinski definition) is 3. The fraction of sp³-hybridized carbons (Fsp3) is 0.842. The first-order valence-electron chi connectivity index (χ1n) is 10.00. The molecule has 1 aliphatic heterocycles. The van der Waals surface area contributed by atoms with Crippen molar-refractivity contribution in [3.8, 4) is 0 Å². The van der Waals surface area contributed by atoms with Crippen LogP contribution < -0.4 is 10.6 Å². The first kappa shape index (κ1) is 22.4. The molecule has 1 aromatic heterocycles. The molecule has 1 aromatic rings. The van der Waals surface area contributed by atoms with Gasteiger partial charge in [0, 0.05) is 43.9 Å². The minimum atomic E-state index is -0.232. The second kappa shape index (κ2) is 9.54. The number of aryl methyl sites for hydroxylation is 1. The first-order chi connectivity index (χ1) is 12.4. The van der Waals surface area contributed by atoms with Gasteiger partial charge in [-0.1, -0.05) is 33.6 Å². The van der Waals surface area contributed by atoms with E-state index >= 15 is 0 Å². The number of aliphatic imine (C=N–C) groups is 1. The van der Waals surface area contributed by atoms with Gasteiger partial charge in [0.25, 0.3) is 0 Å². The Morgan fingerprint density at radius 1 is 1.33 bits per heavy atom. The van der Waals surface area contributed by atoms with Crippen molar-refractivity contribution in [2.24, 2.45) is 10.4 Å². The number of guanidine groups is 1. The summed E-state index contributed by atoms with van der Waals surface area (Å²) in [6, 6.07) is 0.311. The molecular weight excluding hydrogens is 455 g/mol. The minimum Gasteiger partial charge on any atom is -0.392 e. The van der Waals surface area contributed by atoms with Crippen LogP contribution >= 0.6 is 24.0 Å². The zero-order chi connectivity index (χ0) is 18.7. The third kappa shape index (κ3) is 5.13. The second-order valence-electron chi connectivity index (χ2n) is 8.46. The highest BCUT2D eigenvalue weighted by Gasteiger charge is 2.35. The summed E-state index contributed by atoms with van der Waals surface area (Å²) in [5.74, 6) is 3.34. The Morgan fingerprint density at radius 2 is 2.11 bits per heavy atom.